The van der Waals surface area contributed by atoms with Crippen LogP contribution in [0, 0.1) is 23.7 Å². The van der Waals surface area contributed by atoms with E-state index < -0.39 is 0 Å². The van der Waals surface area contributed by atoms with Crippen molar-refractivity contribution in [3.05, 3.63) is 35.9 Å². The molecule has 1 aliphatic rings. The van der Waals surface area contributed by atoms with Gasteiger partial charge in [-0.2, -0.15) is 0 Å². The molecule has 1 aromatic carbocycles. The number of carbonyl (C=O) groups is 2. The molecule has 2 heteroatoms. The number of benzene rings is 1. The molecule has 1 fully saturated rings. The summed E-state index contributed by atoms with van der Waals surface area (Å²) in [5, 5.41) is 0. The maximum atomic E-state index is 12.7. The van der Waals surface area contributed by atoms with Crippen LogP contribution in [0.2, 0.25) is 0 Å². The number of Topliss-reactive ketones (excluding diaryl/α,β-unsaturated/α-hetero) is 2. The Morgan fingerprint density at radius 3 is 2.28 bits per heavy atom. The monoisotopic (exact) mass is 344 g/mol. The smallest absolute Gasteiger partial charge is 0.136 e. The van der Waals surface area contributed by atoms with E-state index in [-0.39, 0.29) is 17.6 Å². The highest BCUT2D eigenvalue weighted by Gasteiger charge is 2.30. The standard InChI is InChI=1S/C21H30O2.C2H6/c1-15(2)18-10-7-11-19(13-18)21(23)14-20(16(3)22)12-17-8-5-4-6-9-17;1-2/h4-6,8-9,15,18-20H,7,10-14H2,1-3H3;1-2H3/t18?,19-,20-;/m0./s1. The first-order valence-electron chi connectivity index (χ1n) is 10.0. The molecule has 25 heavy (non-hydrogen) atoms. The molecule has 1 unspecified atom stereocenters. The lowest BCUT2D eigenvalue weighted by atomic mass is 9.73. The van der Waals surface area contributed by atoms with Crippen LogP contribution < -0.4 is 0 Å². The molecule has 0 saturated heterocycles. The van der Waals surface area contributed by atoms with Crippen molar-refractivity contribution >= 4 is 11.6 Å². The Morgan fingerprint density at radius 2 is 1.72 bits per heavy atom. The molecule has 140 valence electrons. The van der Waals surface area contributed by atoms with Gasteiger partial charge in [-0.05, 0) is 43.6 Å². The number of ketones is 2. The first-order chi connectivity index (χ1) is 12.0. The van der Waals surface area contributed by atoms with Crippen molar-refractivity contribution in [2.75, 3.05) is 0 Å². The molecule has 0 radical (unpaired) electrons. The predicted octanol–water partition coefficient (Wildman–Crippen LogP) is 5.88. The summed E-state index contributed by atoms with van der Waals surface area (Å²) in [5.41, 5.74) is 1.14. The zero-order chi connectivity index (χ0) is 18.8. The van der Waals surface area contributed by atoms with Crippen molar-refractivity contribution in [2.24, 2.45) is 23.7 Å². The molecule has 3 atom stereocenters. The molecule has 0 aliphatic heterocycles. The maximum Gasteiger partial charge on any atom is 0.136 e. The van der Waals surface area contributed by atoms with Crippen molar-refractivity contribution in [2.45, 2.75) is 73.1 Å². The fraction of sp³-hybridized carbons (Fsp3) is 0.652. The Kier molecular flexibility index (Phi) is 9.70. The van der Waals surface area contributed by atoms with E-state index in [1.807, 2.05) is 44.2 Å². The SMILES string of the molecule is CC.CC(=O)[C@H](CC(=O)[C@H]1CCCC(C(C)C)C1)Cc1ccccc1. The van der Waals surface area contributed by atoms with Crippen molar-refractivity contribution in [3.8, 4) is 0 Å². The summed E-state index contributed by atoms with van der Waals surface area (Å²) in [6, 6.07) is 10.0. The first-order valence-corrected chi connectivity index (χ1v) is 10.0. The van der Waals surface area contributed by atoms with Gasteiger partial charge in [-0.1, -0.05) is 70.9 Å². The largest absolute Gasteiger partial charge is 0.300 e. The van der Waals surface area contributed by atoms with Crippen LogP contribution in [0.5, 0.6) is 0 Å². The molecule has 2 rings (SSSR count). The van der Waals surface area contributed by atoms with Crippen molar-refractivity contribution in [1.29, 1.82) is 0 Å². The molecule has 0 heterocycles. The molecule has 0 bridgehead atoms. The van der Waals surface area contributed by atoms with Gasteiger partial charge < -0.3 is 0 Å². The van der Waals surface area contributed by atoms with E-state index in [1.54, 1.807) is 6.92 Å². The third-order valence-electron chi connectivity index (χ3n) is 5.46. The Bertz CT molecular complexity index is 518. The predicted molar refractivity (Wildman–Crippen MR) is 106 cm³/mol. The van der Waals surface area contributed by atoms with Crippen LogP contribution in [-0.4, -0.2) is 11.6 Å². The summed E-state index contributed by atoms with van der Waals surface area (Å²) in [4.78, 5) is 24.7. The summed E-state index contributed by atoms with van der Waals surface area (Å²) in [5.74, 6) is 1.78. The van der Waals surface area contributed by atoms with Gasteiger partial charge in [-0.25, -0.2) is 0 Å². The molecule has 2 nitrogen and oxygen atoms in total. The van der Waals surface area contributed by atoms with E-state index in [4.69, 9.17) is 0 Å². The number of hydrogen-bond donors (Lipinski definition) is 0. The fourth-order valence-electron chi connectivity index (χ4n) is 3.79. The minimum atomic E-state index is -0.163. The van der Waals surface area contributed by atoms with E-state index in [0.29, 0.717) is 30.5 Å². The van der Waals surface area contributed by atoms with Crippen LogP contribution >= 0.6 is 0 Å². The highest BCUT2D eigenvalue weighted by atomic mass is 16.1. The molecule has 1 aromatic rings. The molecule has 0 spiro atoms. The van der Waals surface area contributed by atoms with Crippen LogP contribution in [0.4, 0.5) is 0 Å². The lowest BCUT2D eigenvalue weighted by molar-refractivity contribution is -0.130. The minimum Gasteiger partial charge on any atom is -0.300 e. The lowest BCUT2D eigenvalue weighted by Gasteiger charge is -2.31. The quantitative estimate of drug-likeness (QED) is 0.619. The van der Waals surface area contributed by atoms with E-state index in [9.17, 15) is 9.59 Å². The molecule has 1 aliphatic carbocycles. The van der Waals surface area contributed by atoms with E-state index >= 15 is 0 Å². The van der Waals surface area contributed by atoms with Gasteiger partial charge in [-0.15, -0.1) is 0 Å². The summed E-state index contributed by atoms with van der Waals surface area (Å²) < 4.78 is 0. The second kappa shape index (κ2) is 11.2. The van der Waals surface area contributed by atoms with Gasteiger partial charge in [0.25, 0.3) is 0 Å². The van der Waals surface area contributed by atoms with Crippen molar-refractivity contribution in [3.63, 3.8) is 0 Å². The van der Waals surface area contributed by atoms with Gasteiger partial charge in [0, 0.05) is 18.3 Å². The van der Waals surface area contributed by atoms with Crippen molar-refractivity contribution in [1.82, 2.24) is 0 Å². The maximum absolute atomic E-state index is 12.7. The lowest BCUT2D eigenvalue weighted by Crippen LogP contribution is -2.28. The minimum absolute atomic E-state index is 0.137. The zero-order valence-corrected chi connectivity index (χ0v) is 16.8. The summed E-state index contributed by atoms with van der Waals surface area (Å²) in [7, 11) is 0. The second-order valence-electron chi connectivity index (χ2n) is 7.54. The molecular formula is C23H36O2. The van der Waals surface area contributed by atoms with E-state index in [0.717, 1.165) is 24.8 Å². The highest BCUT2D eigenvalue weighted by Crippen LogP contribution is 2.35. The van der Waals surface area contributed by atoms with Crippen molar-refractivity contribution < 1.29 is 9.59 Å². The Morgan fingerprint density at radius 1 is 1.08 bits per heavy atom. The molecule has 0 N–H and O–H groups in total. The van der Waals surface area contributed by atoms with E-state index in [2.05, 4.69) is 13.8 Å². The molecular weight excluding hydrogens is 308 g/mol. The van der Waals surface area contributed by atoms with Gasteiger partial charge in [0.1, 0.15) is 11.6 Å². The van der Waals surface area contributed by atoms with Crippen LogP contribution in [-0.2, 0) is 16.0 Å². The molecule has 0 aromatic heterocycles. The average Bonchev–Trinajstić information content (AvgIpc) is 2.63. The van der Waals surface area contributed by atoms with Gasteiger partial charge >= 0.3 is 0 Å². The average molecular weight is 345 g/mol. The number of rotatable bonds is 7. The second-order valence-corrected chi connectivity index (χ2v) is 7.54. The zero-order valence-electron chi connectivity index (χ0n) is 16.8. The number of hydrogen-bond acceptors (Lipinski definition) is 2. The summed E-state index contributed by atoms with van der Waals surface area (Å²) in [6.07, 6.45) is 5.54. The summed E-state index contributed by atoms with van der Waals surface area (Å²) in [6.45, 7) is 10.1. The van der Waals surface area contributed by atoms with Gasteiger partial charge in [-0.3, -0.25) is 9.59 Å². The van der Waals surface area contributed by atoms with Crippen LogP contribution in [0.25, 0.3) is 0 Å². The fourth-order valence-corrected chi connectivity index (χ4v) is 3.79. The molecule has 0 amide bonds. The third-order valence-corrected chi connectivity index (χ3v) is 5.46. The van der Waals surface area contributed by atoms with Gasteiger partial charge in [0.05, 0.1) is 0 Å². The highest BCUT2D eigenvalue weighted by molar-refractivity contribution is 5.88. The topological polar surface area (TPSA) is 34.1 Å². The number of carbonyl (C=O) groups excluding carboxylic acids is 2. The van der Waals surface area contributed by atoms with Crippen LogP contribution in [0.1, 0.15) is 72.3 Å². The first kappa shape index (κ1) is 21.6. The Hall–Kier alpha value is -1.44. The normalized spacial score (nSPS) is 21.2. The molecule has 1 saturated carbocycles. The van der Waals surface area contributed by atoms with Gasteiger partial charge in [0.15, 0.2) is 0 Å². The van der Waals surface area contributed by atoms with E-state index in [1.165, 1.54) is 6.42 Å². The van der Waals surface area contributed by atoms with Crippen LogP contribution in [0.3, 0.4) is 0 Å². The Balaban J connectivity index is 0.00000151. The third kappa shape index (κ3) is 7.13. The summed E-state index contributed by atoms with van der Waals surface area (Å²) >= 11 is 0. The van der Waals surface area contributed by atoms with Gasteiger partial charge in [0.2, 0.25) is 0 Å². The van der Waals surface area contributed by atoms with Crippen LogP contribution in [0.15, 0.2) is 30.3 Å². The Labute approximate surface area is 154 Å².